The van der Waals surface area contributed by atoms with E-state index in [1.165, 1.54) is 0 Å². The molecule has 0 aromatic carbocycles. The van der Waals surface area contributed by atoms with Crippen LogP contribution in [-0.4, -0.2) is 47.7 Å². The second kappa shape index (κ2) is 6.52. The van der Waals surface area contributed by atoms with Gasteiger partial charge in [-0.2, -0.15) is 9.61 Å². The molecule has 0 amide bonds. The zero-order valence-corrected chi connectivity index (χ0v) is 15.3. The number of aryl methyl sites for hydroxylation is 1. The third-order valence-corrected chi connectivity index (χ3v) is 4.94. The first kappa shape index (κ1) is 16.5. The molecule has 140 valence electrons. The van der Waals surface area contributed by atoms with Crippen LogP contribution in [0, 0.1) is 12.8 Å². The maximum absolute atomic E-state index is 12.2. The first-order valence-corrected chi connectivity index (χ1v) is 9.10. The van der Waals surface area contributed by atoms with Gasteiger partial charge in [-0.15, -0.1) is 15.3 Å². The standard InChI is InChI=1S/C19H18N8O/c1-13-21-22-17-5-6-18(24-27(13)17)25-10-14(11-25)12-26-19(28)7-4-16(23-26)15-3-2-8-20-9-15/h2-9,14H,10-12H2,1H3. The molecule has 28 heavy (non-hydrogen) atoms. The third-order valence-electron chi connectivity index (χ3n) is 4.94. The topological polar surface area (TPSA) is 94.1 Å². The van der Waals surface area contributed by atoms with Crippen molar-refractivity contribution >= 4 is 11.5 Å². The largest absolute Gasteiger partial charge is 0.354 e. The van der Waals surface area contributed by atoms with Crippen LogP contribution >= 0.6 is 0 Å². The lowest BCUT2D eigenvalue weighted by Gasteiger charge is -2.39. The Morgan fingerprint density at radius 1 is 1.07 bits per heavy atom. The van der Waals surface area contributed by atoms with Gasteiger partial charge in [-0.3, -0.25) is 9.78 Å². The van der Waals surface area contributed by atoms with E-state index in [0.29, 0.717) is 12.5 Å². The SMILES string of the molecule is Cc1nnc2ccc(N3CC(Cn4nc(-c5cccnc5)ccc4=O)C3)nn12. The molecule has 0 spiro atoms. The lowest BCUT2D eigenvalue weighted by atomic mass is 10.0. The van der Waals surface area contributed by atoms with Gasteiger partial charge in [0.25, 0.3) is 5.56 Å². The maximum atomic E-state index is 12.2. The molecule has 1 aliphatic heterocycles. The summed E-state index contributed by atoms with van der Waals surface area (Å²) in [6.07, 6.45) is 3.46. The highest BCUT2D eigenvalue weighted by atomic mass is 16.1. The highest BCUT2D eigenvalue weighted by Gasteiger charge is 2.29. The van der Waals surface area contributed by atoms with Gasteiger partial charge in [0.15, 0.2) is 11.5 Å². The molecule has 5 rings (SSSR count). The van der Waals surface area contributed by atoms with Crippen molar-refractivity contribution in [2.45, 2.75) is 13.5 Å². The van der Waals surface area contributed by atoms with Crippen molar-refractivity contribution in [3.8, 4) is 11.3 Å². The van der Waals surface area contributed by atoms with Crippen LogP contribution in [0.5, 0.6) is 0 Å². The fourth-order valence-electron chi connectivity index (χ4n) is 3.42. The van der Waals surface area contributed by atoms with Crippen LogP contribution in [0.3, 0.4) is 0 Å². The Kier molecular flexibility index (Phi) is 3.85. The van der Waals surface area contributed by atoms with Gasteiger partial charge in [-0.25, -0.2) is 4.68 Å². The van der Waals surface area contributed by atoms with Gasteiger partial charge >= 0.3 is 0 Å². The van der Waals surface area contributed by atoms with Crippen molar-refractivity contribution in [1.29, 1.82) is 0 Å². The van der Waals surface area contributed by atoms with Crippen molar-refractivity contribution in [2.75, 3.05) is 18.0 Å². The van der Waals surface area contributed by atoms with Crippen LogP contribution in [-0.2, 0) is 6.54 Å². The van der Waals surface area contributed by atoms with E-state index >= 15 is 0 Å². The van der Waals surface area contributed by atoms with Crippen LogP contribution in [0.2, 0.25) is 0 Å². The fourth-order valence-corrected chi connectivity index (χ4v) is 3.42. The smallest absolute Gasteiger partial charge is 0.266 e. The Bertz CT molecular complexity index is 1190. The molecule has 9 heteroatoms. The maximum Gasteiger partial charge on any atom is 0.266 e. The summed E-state index contributed by atoms with van der Waals surface area (Å²) in [5.74, 6) is 1.99. The highest BCUT2D eigenvalue weighted by molar-refractivity contribution is 5.56. The van der Waals surface area contributed by atoms with Gasteiger partial charge in [0, 0.05) is 43.0 Å². The van der Waals surface area contributed by atoms with E-state index in [4.69, 9.17) is 0 Å². The zero-order chi connectivity index (χ0) is 19.1. The second-order valence-corrected chi connectivity index (χ2v) is 6.96. The lowest BCUT2D eigenvalue weighted by Crippen LogP contribution is -2.50. The van der Waals surface area contributed by atoms with Gasteiger partial charge < -0.3 is 4.90 Å². The number of fused-ring (bicyclic) bond motifs is 1. The first-order valence-electron chi connectivity index (χ1n) is 9.10. The van der Waals surface area contributed by atoms with E-state index in [9.17, 15) is 4.79 Å². The normalized spacial score (nSPS) is 14.4. The zero-order valence-electron chi connectivity index (χ0n) is 15.3. The molecule has 9 nitrogen and oxygen atoms in total. The summed E-state index contributed by atoms with van der Waals surface area (Å²) in [4.78, 5) is 18.5. The number of hydrogen-bond donors (Lipinski definition) is 0. The molecule has 4 aromatic heterocycles. The van der Waals surface area contributed by atoms with Crippen molar-refractivity contribution in [3.63, 3.8) is 0 Å². The van der Waals surface area contributed by atoms with E-state index in [-0.39, 0.29) is 5.56 Å². The molecule has 1 saturated heterocycles. The van der Waals surface area contributed by atoms with Crippen molar-refractivity contribution < 1.29 is 0 Å². The minimum absolute atomic E-state index is 0.0919. The highest BCUT2D eigenvalue weighted by Crippen LogP contribution is 2.24. The molecule has 0 bridgehead atoms. The van der Waals surface area contributed by atoms with E-state index < -0.39 is 0 Å². The van der Waals surface area contributed by atoms with Gasteiger partial charge in [0.1, 0.15) is 5.82 Å². The number of anilines is 1. The summed E-state index contributed by atoms with van der Waals surface area (Å²) >= 11 is 0. The van der Waals surface area contributed by atoms with E-state index in [1.54, 1.807) is 33.7 Å². The second-order valence-electron chi connectivity index (χ2n) is 6.96. The summed E-state index contributed by atoms with van der Waals surface area (Å²) in [6, 6.07) is 11.0. The van der Waals surface area contributed by atoms with E-state index in [1.807, 2.05) is 31.2 Å². The molecule has 0 N–H and O–H groups in total. The summed E-state index contributed by atoms with van der Waals surface area (Å²) in [6.45, 7) is 4.11. The molecule has 1 fully saturated rings. The average Bonchev–Trinajstić information content (AvgIpc) is 3.06. The summed E-state index contributed by atoms with van der Waals surface area (Å²) in [7, 11) is 0. The predicted molar refractivity (Wildman–Crippen MR) is 103 cm³/mol. The molecule has 5 heterocycles. The Morgan fingerprint density at radius 3 is 2.79 bits per heavy atom. The van der Waals surface area contributed by atoms with Gasteiger partial charge in [0.2, 0.25) is 0 Å². The molecular formula is C19H18N8O. The number of hydrogen-bond acceptors (Lipinski definition) is 7. The minimum Gasteiger partial charge on any atom is -0.354 e. The Balaban J connectivity index is 1.30. The Morgan fingerprint density at radius 2 is 1.96 bits per heavy atom. The van der Waals surface area contributed by atoms with Crippen molar-refractivity contribution in [3.05, 3.63) is 65.0 Å². The Hall–Kier alpha value is -3.62. The van der Waals surface area contributed by atoms with Gasteiger partial charge in [0.05, 0.1) is 12.2 Å². The van der Waals surface area contributed by atoms with E-state index in [0.717, 1.165) is 41.6 Å². The van der Waals surface area contributed by atoms with Crippen LogP contribution in [0.25, 0.3) is 16.9 Å². The molecule has 0 atom stereocenters. The monoisotopic (exact) mass is 374 g/mol. The molecule has 0 aliphatic carbocycles. The van der Waals surface area contributed by atoms with Crippen molar-refractivity contribution in [1.82, 2.24) is 34.6 Å². The lowest BCUT2D eigenvalue weighted by molar-refractivity contribution is 0.332. The van der Waals surface area contributed by atoms with Crippen LogP contribution in [0.1, 0.15) is 5.82 Å². The predicted octanol–water partition coefficient (Wildman–Crippen LogP) is 1.19. The molecule has 0 saturated carbocycles. The van der Waals surface area contributed by atoms with Gasteiger partial charge in [-0.05, 0) is 37.3 Å². The summed E-state index contributed by atoms with van der Waals surface area (Å²) in [5.41, 5.74) is 2.29. The molecule has 0 radical (unpaired) electrons. The van der Waals surface area contributed by atoms with E-state index in [2.05, 4.69) is 30.3 Å². The number of pyridine rings is 1. The molecule has 1 aliphatic rings. The van der Waals surface area contributed by atoms with Crippen LogP contribution < -0.4 is 10.5 Å². The van der Waals surface area contributed by atoms with Gasteiger partial charge in [-0.1, -0.05) is 0 Å². The summed E-state index contributed by atoms with van der Waals surface area (Å²) < 4.78 is 3.29. The third kappa shape index (κ3) is 2.90. The number of nitrogens with zero attached hydrogens (tertiary/aromatic N) is 8. The Labute approximate surface area is 160 Å². The molecule has 0 unspecified atom stereocenters. The first-order chi connectivity index (χ1) is 13.7. The van der Waals surface area contributed by atoms with Crippen LogP contribution in [0.15, 0.2) is 53.6 Å². The quantitative estimate of drug-likeness (QED) is 0.529. The molecular weight excluding hydrogens is 356 g/mol. The minimum atomic E-state index is -0.0919. The van der Waals surface area contributed by atoms with Crippen LogP contribution in [0.4, 0.5) is 5.82 Å². The molecule has 4 aromatic rings. The number of aromatic nitrogens is 7. The fraction of sp³-hybridized carbons (Fsp3) is 0.263. The average molecular weight is 374 g/mol. The van der Waals surface area contributed by atoms with Crippen molar-refractivity contribution in [2.24, 2.45) is 5.92 Å². The summed E-state index contributed by atoms with van der Waals surface area (Å²) in [5, 5.41) is 17.2. The number of rotatable bonds is 4.